The van der Waals surface area contributed by atoms with Gasteiger partial charge < -0.3 is 5.32 Å². The maximum absolute atomic E-state index is 12.6. The van der Waals surface area contributed by atoms with E-state index in [0.717, 1.165) is 25.8 Å². The van der Waals surface area contributed by atoms with Crippen molar-refractivity contribution < 1.29 is 8.42 Å². The number of sulfonamides is 1. The quantitative estimate of drug-likeness (QED) is 0.681. The number of aromatic amines is 1. The number of nitrogens with one attached hydrogen (secondary N) is 2. The average Bonchev–Trinajstić information content (AvgIpc) is 2.87. The van der Waals surface area contributed by atoms with E-state index in [2.05, 4.69) is 22.4 Å². The van der Waals surface area contributed by atoms with E-state index in [1.807, 2.05) is 13.8 Å². The van der Waals surface area contributed by atoms with Crippen molar-refractivity contribution in [2.24, 2.45) is 0 Å². The normalized spacial score (nSPS) is 13.8. The molecule has 0 saturated carbocycles. The minimum atomic E-state index is -3.51. The van der Waals surface area contributed by atoms with Crippen molar-refractivity contribution in [3.8, 4) is 0 Å². The maximum atomic E-state index is 12.6. The molecule has 0 aliphatic heterocycles. The number of hydrogen-bond acceptors (Lipinski definition) is 4. The minimum absolute atomic E-state index is 0.0234. The van der Waals surface area contributed by atoms with Crippen LogP contribution in [0.4, 0.5) is 0 Å². The van der Waals surface area contributed by atoms with E-state index in [0.29, 0.717) is 12.1 Å². The number of nitrogens with zero attached hydrogens (tertiary/aromatic N) is 2. The average molecular weight is 302 g/mol. The molecule has 1 rings (SSSR count). The lowest BCUT2D eigenvalue weighted by atomic mass is 10.2. The van der Waals surface area contributed by atoms with Crippen LogP contribution in [-0.2, 0) is 16.6 Å². The molecule has 6 nitrogen and oxygen atoms in total. The molecular formula is C13H26N4O2S. The number of H-pyrrole nitrogens is 1. The lowest BCUT2D eigenvalue weighted by Gasteiger charge is -2.23. The first-order valence-corrected chi connectivity index (χ1v) is 8.60. The van der Waals surface area contributed by atoms with E-state index in [4.69, 9.17) is 0 Å². The second-order valence-corrected chi connectivity index (χ2v) is 6.99. The highest BCUT2D eigenvalue weighted by Crippen LogP contribution is 2.19. The molecule has 0 aliphatic rings. The summed E-state index contributed by atoms with van der Waals surface area (Å²) in [7, 11) is -1.88. The van der Waals surface area contributed by atoms with Gasteiger partial charge in [-0.1, -0.05) is 20.3 Å². The molecule has 0 bridgehead atoms. The van der Waals surface area contributed by atoms with Gasteiger partial charge in [0.2, 0.25) is 0 Å². The summed E-state index contributed by atoms with van der Waals surface area (Å²) in [6.07, 6.45) is 4.38. The van der Waals surface area contributed by atoms with Crippen LogP contribution >= 0.6 is 0 Å². The molecule has 2 N–H and O–H groups in total. The smallest absolute Gasteiger partial charge is 0.260 e. The highest BCUT2D eigenvalue weighted by molar-refractivity contribution is 7.89. The summed E-state index contributed by atoms with van der Waals surface area (Å²) in [6.45, 7) is 7.40. The number of hydrogen-bond donors (Lipinski definition) is 2. The van der Waals surface area contributed by atoms with E-state index in [-0.39, 0.29) is 11.1 Å². The molecule has 20 heavy (non-hydrogen) atoms. The summed E-state index contributed by atoms with van der Waals surface area (Å²) in [5.74, 6) is 0. The minimum Gasteiger partial charge on any atom is -0.313 e. The fourth-order valence-electron chi connectivity index (χ4n) is 2.03. The molecule has 0 spiro atoms. The van der Waals surface area contributed by atoms with Crippen LogP contribution in [0.1, 0.15) is 45.6 Å². The Hall–Kier alpha value is -0.920. The largest absolute Gasteiger partial charge is 0.313 e. The van der Waals surface area contributed by atoms with Gasteiger partial charge in [-0.15, -0.1) is 0 Å². The topological polar surface area (TPSA) is 78.1 Å². The zero-order valence-electron chi connectivity index (χ0n) is 12.8. The van der Waals surface area contributed by atoms with Crippen LogP contribution in [0.15, 0.2) is 11.2 Å². The number of aromatic nitrogens is 2. The summed E-state index contributed by atoms with van der Waals surface area (Å²) in [6, 6.07) is -0.0234. The number of rotatable bonds is 9. The van der Waals surface area contributed by atoms with Crippen LogP contribution < -0.4 is 5.32 Å². The van der Waals surface area contributed by atoms with Crippen LogP contribution in [0.3, 0.4) is 0 Å². The summed E-state index contributed by atoms with van der Waals surface area (Å²) in [4.78, 5) is 0. The van der Waals surface area contributed by atoms with Crippen LogP contribution in [0.2, 0.25) is 0 Å². The lowest BCUT2D eigenvalue weighted by molar-refractivity contribution is 0.367. The molecule has 0 radical (unpaired) electrons. The Balaban J connectivity index is 2.89. The SMILES string of the molecule is CCCNCc1cn[nH]c1S(=O)(=O)N(C)C(C)CCC. The van der Waals surface area contributed by atoms with Crippen LogP contribution in [-0.4, -0.2) is 42.6 Å². The fourth-order valence-corrected chi connectivity index (χ4v) is 3.52. The third kappa shape index (κ3) is 4.04. The van der Waals surface area contributed by atoms with Gasteiger partial charge in [-0.3, -0.25) is 5.10 Å². The zero-order valence-corrected chi connectivity index (χ0v) is 13.6. The van der Waals surface area contributed by atoms with Gasteiger partial charge in [-0.2, -0.15) is 9.40 Å². The first-order valence-electron chi connectivity index (χ1n) is 7.16. The van der Waals surface area contributed by atoms with E-state index in [1.54, 1.807) is 13.2 Å². The van der Waals surface area contributed by atoms with E-state index in [1.165, 1.54) is 4.31 Å². The summed E-state index contributed by atoms with van der Waals surface area (Å²) in [5, 5.41) is 9.92. The van der Waals surface area contributed by atoms with Crippen molar-refractivity contribution in [1.82, 2.24) is 19.8 Å². The van der Waals surface area contributed by atoms with Gasteiger partial charge >= 0.3 is 0 Å². The molecule has 1 atom stereocenters. The van der Waals surface area contributed by atoms with Crippen molar-refractivity contribution in [3.63, 3.8) is 0 Å². The van der Waals surface area contributed by atoms with Crippen molar-refractivity contribution in [2.45, 2.75) is 57.6 Å². The third-order valence-corrected chi connectivity index (χ3v) is 5.37. The second kappa shape index (κ2) is 7.75. The van der Waals surface area contributed by atoms with Crippen molar-refractivity contribution in [1.29, 1.82) is 0 Å². The predicted molar refractivity (Wildman–Crippen MR) is 79.9 cm³/mol. The Morgan fingerprint density at radius 2 is 2.10 bits per heavy atom. The van der Waals surface area contributed by atoms with Crippen molar-refractivity contribution >= 4 is 10.0 Å². The van der Waals surface area contributed by atoms with Crippen molar-refractivity contribution in [3.05, 3.63) is 11.8 Å². The monoisotopic (exact) mass is 302 g/mol. The summed E-state index contributed by atoms with van der Waals surface area (Å²) >= 11 is 0. The van der Waals surface area contributed by atoms with Gasteiger partial charge in [0.1, 0.15) is 0 Å². The van der Waals surface area contributed by atoms with Gasteiger partial charge in [-0.25, -0.2) is 8.42 Å². The summed E-state index contributed by atoms with van der Waals surface area (Å²) < 4.78 is 26.6. The van der Waals surface area contributed by atoms with Crippen LogP contribution in [0.25, 0.3) is 0 Å². The Morgan fingerprint density at radius 3 is 2.70 bits per heavy atom. The molecule has 7 heteroatoms. The third-order valence-electron chi connectivity index (χ3n) is 3.38. The first-order chi connectivity index (χ1) is 9.45. The van der Waals surface area contributed by atoms with Crippen LogP contribution in [0.5, 0.6) is 0 Å². The Labute approximate surface area is 122 Å². The van der Waals surface area contributed by atoms with Crippen LogP contribution in [0, 0.1) is 0 Å². The molecule has 0 saturated heterocycles. The molecule has 0 aromatic carbocycles. The second-order valence-electron chi connectivity index (χ2n) is 5.06. The van der Waals surface area contributed by atoms with Gasteiger partial charge in [0, 0.05) is 25.2 Å². The molecule has 1 aromatic rings. The van der Waals surface area contributed by atoms with Gasteiger partial charge in [0.15, 0.2) is 5.03 Å². The Bertz CT molecular complexity index is 498. The molecule has 1 unspecified atom stereocenters. The van der Waals surface area contributed by atoms with Gasteiger partial charge in [0.05, 0.1) is 6.20 Å². The molecule has 116 valence electrons. The standard InChI is InChI=1S/C13H26N4O2S/c1-5-7-11(3)17(4)20(18,19)13-12(10-15-16-13)9-14-8-6-2/h10-11,14H,5-9H2,1-4H3,(H,15,16). The fraction of sp³-hybridized carbons (Fsp3) is 0.769. The van der Waals surface area contributed by atoms with Gasteiger partial charge in [0.25, 0.3) is 10.0 Å². The van der Waals surface area contributed by atoms with Gasteiger partial charge in [-0.05, 0) is 26.3 Å². The molecular weight excluding hydrogens is 276 g/mol. The molecule has 0 aliphatic carbocycles. The molecule has 0 fully saturated rings. The lowest BCUT2D eigenvalue weighted by Crippen LogP contribution is -2.35. The molecule has 1 aromatic heterocycles. The predicted octanol–water partition coefficient (Wildman–Crippen LogP) is 1.72. The Kier molecular flexibility index (Phi) is 6.64. The highest BCUT2D eigenvalue weighted by Gasteiger charge is 2.28. The Morgan fingerprint density at radius 1 is 1.40 bits per heavy atom. The van der Waals surface area contributed by atoms with E-state index in [9.17, 15) is 8.42 Å². The molecule has 1 heterocycles. The maximum Gasteiger partial charge on any atom is 0.260 e. The molecule has 0 amide bonds. The van der Waals surface area contributed by atoms with Crippen molar-refractivity contribution in [2.75, 3.05) is 13.6 Å². The zero-order chi connectivity index (χ0) is 15.2. The summed E-state index contributed by atoms with van der Waals surface area (Å²) in [5.41, 5.74) is 0.689. The van der Waals surface area contributed by atoms with E-state index < -0.39 is 10.0 Å². The highest BCUT2D eigenvalue weighted by atomic mass is 32.2. The van der Waals surface area contributed by atoms with E-state index >= 15 is 0 Å². The first kappa shape index (κ1) is 17.1.